The highest BCUT2D eigenvalue weighted by molar-refractivity contribution is 6.30. The number of halogens is 1. The lowest BCUT2D eigenvalue weighted by Gasteiger charge is -2.36. The lowest BCUT2D eigenvalue weighted by molar-refractivity contribution is 0.245. The van der Waals surface area contributed by atoms with Crippen molar-refractivity contribution in [3.8, 4) is 22.8 Å². The molecule has 3 atom stereocenters. The Morgan fingerprint density at radius 1 is 1.11 bits per heavy atom. The first-order chi connectivity index (χ1) is 17.0. The molecule has 182 valence electrons. The summed E-state index contributed by atoms with van der Waals surface area (Å²) in [4.78, 5) is 31.2. The molecule has 0 bridgehead atoms. The molecule has 9 nitrogen and oxygen atoms in total. The van der Waals surface area contributed by atoms with Gasteiger partial charge in [0.1, 0.15) is 5.69 Å². The second-order valence-electron chi connectivity index (χ2n) is 10.0. The van der Waals surface area contributed by atoms with E-state index in [2.05, 4.69) is 43.6 Å². The summed E-state index contributed by atoms with van der Waals surface area (Å²) in [5.74, 6) is 2.84. The van der Waals surface area contributed by atoms with Crippen LogP contribution in [0.5, 0.6) is 0 Å². The van der Waals surface area contributed by atoms with E-state index in [1.54, 1.807) is 12.4 Å². The summed E-state index contributed by atoms with van der Waals surface area (Å²) in [5, 5.41) is 7.04. The lowest BCUT2D eigenvalue weighted by Crippen LogP contribution is -2.39. The van der Waals surface area contributed by atoms with E-state index in [9.17, 15) is 4.79 Å². The maximum Gasteiger partial charge on any atom is 0.340 e. The minimum Gasteiger partial charge on any atom is -0.339 e. The summed E-state index contributed by atoms with van der Waals surface area (Å²) < 4.78 is 2.15. The zero-order chi connectivity index (χ0) is 24.1. The number of H-pyrrole nitrogens is 2. The fraction of sp³-hybridized carbons (Fsp3) is 0.480. The van der Waals surface area contributed by atoms with Crippen LogP contribution >= 0.6 is 11.6 Å². The van der Waals surface area contributed by atoms with Gasteiger partial charge in [0, 0.05) is 37.6 Å². The molecule has 1 aliphatic carbocycles. The normalized spacial score (nSPS) is 22.8. The highest BCUT2D eigenvalue weighted by Gasteiger charge is 2.36. The number of rotatable bonds is 4. The Morgan fingerprint density at radius 2 is 2.00 bits per heavy atom. The van der Waals surface area contributed by atoms with Gasteiger partial charge in [0.25, 0.3) is 0 Å². The number of pyridine rings is 2. The van der Waals surface area contributed by atoms with Crippen LogP contribution < -0.4 is 10.6 Å². The Kier molecular flexibility index (Phi) is 5.59. The summed E-state index contributed by atoms with van der Waals surface area (Å²) in [7, 11) is 2.06. The number of aromatic amines is 2. The van der Waals surface area contributed by atoms with Crippen molar-refractivity contribution in [2.45, 2.75) is 51.5 Å². The molecular formula is C25H29ClN8O. The molecule has 5 heterocycles. The molecule has 1 saturated heterocycles. The van der Waals surface area contributed by atoms with Gasteiger partial charge < -0.3 is 9.47 Å². The zero-order valence-electron chi connectivity index (χ0n) is 20.0. The van der Waals surface area contributed by atoms with Gasteiger partial charge in [-0.2, -0.15) is 5.10 Å². The molecule has 1 aliphatic heterocycles. The third-order valence-corrected chi connectivity index (χ3v) is 7.83. The number of anilines is 1. The van der Waals surface area contributed by atoms with Gasteiger partial charge in [0.15, 0.2) is 5.82 Å². The Bertz CT molecular complexity index is 1440. The molecule has 4 aromatic rings. The van der Waals surface area contributed by atoms with Gasteiger partial charge in [-0.25, -0.2) is 19.9 Å². The zero-order valence-corrected chi connectivity index (χ0v) is 20.7. The van der Waals surface area contributed by atoms with E-state index in [-0.39, 0.29) is 5.69 Å². The van der Waals surface area contributed by atoms with Crippen LogP contribution in [-0.4, -0.2) is 47.3 Å². The minimum absolute atomic E-state index is 0.371. The number of imidazole rings is 1. The standard InChI is InChI=1S/C25H29ClN8O/c1-14-5-3-6-15(9-14)20-7-4-8-34(20)25-29-18-11-19(23-30-24(35)32-31-23)28-21(22(18)33(25)2)16-10-17(26)13-27-12-16/h10-15,20H,3-9H2,1-2H3,(H2,30,31,32,35)/t14-,15?,20?/m0/s1. The number of aromatic nitrogens is 7. The molecule has 1 saturated carbocycles. The van der Waals surface area contributed by atoms with Crippen LogP contribution in [0.15, 0.2) is 29.3 Å². The van der Waals surface area contributed by atoms with Gasteiger partial charge in [-0.1, -0.05) is 31.4 Å². The summed E-state index contributed by atoms with van der Waals surface area (Å²) in [6.45, 7) is 3.39. The highest BCUT2D eigenvalue weighted by Crippen LogP contribution is 2.40. The molecule has 10 heteroatoms. The van der Waals surface area contributed by atoms with Crippen LogP contribution in [0.3, 0.4) is 0 Å². The van der Waals surface area contributed by atoms with Crippen LogP contribution in [0.2, 0.25) is 5.02 Å². The molecule has 0 radical (unpaired) electrons. The van der Waals surface area contributed by atoms with Crippen LogP contribution in [0.4, 0.5) is 5.95 Å². The van der Waals surface area contributed by atoms with Crippen molar-refractivity contribution in [1.82, 2.24) is 34.7 Å². The van der Waals surface area contributed by atoms with Crippen molar-refractivity contribution < 1.29 is 0 Å². The summed E-state index contributed by atoms with van der Waals surface area (Å²) >= 11 is 6.29. The van der Waals surface area contributed by atoms with E-state index >= 15 is 0 Å². The van der Waals surface area contributed by atoms with Crippen molar-refractivity contribution in [3.63, 3.8) is 0 Å². The van der Waals surface area contributed by atoms with E-state index in [0.29, 0.717) is 34.2 Å². The summed E-state index contributed by atoms with van der Waals surface area (Å²) in [6, 6.07) is 4.25. The predicted octanol–water partition coefficient (Wildman–Crippen LogP) is 4.56. The topological polar surface area (TPSA) is 108 Å². The predicted molar refractivity (Wildman–Crippen MR) is 136 cm³/mol. The molecule has 2 aliphatic rings. The van der Waals surface area contributed by atoms with E-state index in [1.807, 2.05) is 12.1 Å². The van der Waals surface area contributed by atoms with Crippen LogP contribution in [-0.2, 0) is 7.05 Å². The molecule has 2 fully saturated rings. The van der Waals surface area contributed by atoms with Gasteiger partial charge in [0.2, 0.25) is 5.95 Å². The van der Waals surface area contributed by atoms with E-state index < -0.39 is 0 Å². The number of hydrogen-bond donors (Lipinski definition) is 2. The average molecular weight is 493 g/mol. The highest BCUT2D eigenvalue weighted by atomic mass is 35.5. The fourth-order valence-corrected chi connectivity index (χ4v) is 6.27. The summed E-state index contributed by atoms with van der Waals surface area (Å²) in [6.07, 6.45) is 11.0. The van der Waals surface area contributed by atoms with E-state index in [0.717, 1.165) is 35.0 Å². The molecule has 35 heavy (non-hydrogen) atoms. The van der Waals surface area contributed by atoms with Gasteiger partial charge in [-0.15, -0.1) is 0 Å². The Hall–Kier alpha value is -3.20. The van der Waals surface area contributed by atoms with Crippen LogP contribution in [0, 0.1) is 11.8 Å². The van der Waals surface area contributed by atoms with Gasteiger partial charge in [-0.3, -0.25) is 9.97 Å². The molecular weight excluding hydrogens is 464 g/mol. The number of fused-ring (bicyclic) bond motifs is 1. The molecule has 0 aromatic carbocycles. The average Bonchev–Trinajstić information content (AvgIpc) is 3.57. The Balaban J connectivity index is 1.50. The van der Waals surface area contributed by atoms with E-state index in [4.69, 9.17) is 21.6 Å². The van der Waals surface area contributed by atoms with Gasteiger partial charge in [0.05, 0.1) is 21.7 Å². The molecule has 6 rings (SSSR count). The Morgan fingerprint density at radius 3 is 2.77 bits per heavy atom. The third kappa shape index (κ3) is 4.01. The monoisotopic (exact) mass is 492 g/mol. The Labute approximate surface area is 208 Å². The number of hydrogen-bond acceptors (Lipinski definition) is 6. The first kappa shape index (κ1) is 22.3. The van der Waals surface area contributed by atoms with Gasteiger partial charge >= 0.3 is 5.69 Å². The number of nitrogens with one attached hydrogen (secondary N) is 2. The minimum atomic E-state index is -0.379. The molecule has 4 aromatic heterocycles. The van der Waals surface area contributed by atoms with Crippen LogP contribution in [0.25, 0.3) is 33.8 Å². The van der Waals surface area contributed by atoms with Crippen molar-refractivity contribution in [1.29, 1.82) is 0 Å². The largest absolute Gasteiger partial charge is 0.340 e. The van der Waals surface area contributed by atoms with E-state index in [1.165, 1.54) is 38.5 Å². The van der Waals surface area contributed by atoms with Crippen molar-refractivity contribution >= 4 is 28.6 Å². The molecule has 2 unspecified atom stereocenters. The molecule has 2 N–H and O–H groups in total. The summed E-state index contributed by atoms with van der Waals surface area (Å²) in [5.41, 5.74) is 3.36. The second-order valence-corrected chi connectivity index (χ2v) is 10.5. The van der Waals surface area contributed by atoms with Crippen molar-refractivity contribution in [3.05, 3.63) is 40.0 Å². The SMILES string of the molecule is C[C@H]1CCCC(C2CCCN2c2nc3cc(-c4n[nH]c(=O)[nH]4)nc(-c4cncc(Cl)c4)c3n2C)C1. The maximum atomic E-state index is 11.7. The van der Waals surface area contributed by atoms with Gasteiger partial charge in [-0.05, 0) is 49.7 Å². The maximum absolute atomic E-state index is 11.7. The first-order valence-corrected chi connectivity index (χ1v) is 12.8. The smallest absolute Gasteiger partial charge is 0.339 e. The second kappa shape index (κ2) is 8.78. The fourth-order valence-electron chi connectivity index (χ4n) is 6.10. The third-order valence-electron chi connectivity index (χ3n) is 7.63. The van der Waals surface area contributed by atoms with Crippen LogP contribution in [0.1, 0.15) is 45.4 Å². The van der Waals surface area contributed by atoms with Crippen molar-refractivity contribution in [2.75, 3.05) is 11.4 Å². The molecule has 0 spiro atoms. The lowest BCUT2D eigenvalue weighted by atomic mass is 9.78. The number of aryl methyl sites for hydroxylation is 1. The molecule has 0 amide bonds. The quantitative estimate of drug-likeness (QED) is 0.432. The number of nitrogens with zero attached hydrogens (tertiary/aromatic N) is 6. The first-order valence-electron chi connectivity index (χ1n) is 12.4. The van der Waals surface area contributed by atoms with Crippen molar-refractivity contribution in [2.24, 2.45) is 18.9 Å².